The molecule has 1 aromatic heterocycles. The van der Waals surface area contributed by atoms with E-state index in [0.717, 1.165) is 17.7 Å². The van der Waals surface area contributed by atoms with Crippen molar-refractivity contribution in [3.63, 3.8) is 0 Å². The maximum absolute atomic E-state index is 11.8. The Kier molecular flexibility index (Phi) is 5.13. The molecule has 1 aliphatic rings. The predicted molar refractivity (Wildman–Crippen MR) is 96.8 cm³/mol. The summed E-state index contributed by atoms with van der Waals surface area (Å²) >= 11 is 1.31. The number of nitrogens with zero attached hydrogens (tertiary/aromatic N) is 1. The van der Waals surface area contributed by atoms with Gasteiger partial charge in [-0.2, -0.15) is 0 Å². The van der Waals surface area contributed by atoms with Gasteiger partial charge >= 0.3 is 5.97 Å². The third-order valence-corrected chi connectivity index (χ3v) is 4.51. The average Bonchev–Trinajstić information content (AvgIpc) is 3.11. The minimum Gasteiger partial charge on any atom is -0.483 e. The number of esters is 1. The molecule has 0 saturated heterocycles. The van der Waals surface area contributed by atoms with Crippen molar-refractivity contribution in [2.45, 2.75) is 32.8 Å². The van der Waals surface area contributed by atoms with Crippen LogP contribution in [0.3, 0.4) is 0 Å². The molecule has 1 aliphatic heterocycles. The Morgan fingerprint density at radius 3 is 2.88 bits per heavy atom. The van der Waals surface area contributed by atoms with Crippen molar-refractivity contribution in [1.82, 2.24) is 4.98 Å². The van der Waals surface area contributed by atoms with Gasteiger partial charge in [0.15, 0.2) is 29.8 Å². The lowest BCUT2D eigenvalue weighted by Gasteiger charge is -2.18. The summed E-state index contributed by atoms with van der Waals surface area (Å²) in [4.78, 5) is 27.7. The minimum atomic E-state index is -0.634. The van der Waals surface area contributed by atoms with Gasteiger partial charge in [-0.05, 0) is 26.8 Å². The molecule has 0 atom stereocenters. The molecule has 8 heteroatoms. The zero-order valence-corrected chi connectivity index (χ0v) is 15.6. The zero-order chi connectivity index (χ0) is 18.7. The van der Waals surface area contributed by atoms with Gasteiger partial charge in [0, 0.05) is 17.4 Å². The highest BCUT2D eigenvalue weighted by molar-refractivity contribution is 7.13. The Hall–Kier alpha value is -2.61. The normalized spacial score (nSPS) is 14.3. The van der Waals surface area contributed by atoms with E-state index in [1.807, 2.05) is 38.3 Å². The van der Waals surface area contributed by atoms with Gasteiger partial charge < -0.3 is 14.2 Å². The van der Waals surface area contributed by atoms with E-state index in [0.29, 0.717) is 16.6 Å². The van der Waals surface area contributed by atoms with E-state index in [1.165, 1.54) is 11.3 Å². The molecule has 7 nitrogen and oxygen atoms in total. The number of nitrogens with one attached hydrogen (secondary N) is 1. The highest BCUT2D eigenvalue weighted by atomic mass is 32.1. The first-order valence-corrected chi connectivity index (χ1v) is 9.02. The van der Waals surface area contributed by atoms with Crippen LogP contribution in [0.1, 0.15) is 25.1 Å². The number of carbonyl (C=O) groups is 2. The van der Waals surface area contributed by atoms with Crippen LogP contribution in [0, 0.1) is 6.92 Å². The number of carbonyl (C=O) groups excluding carboxylic acids is 2. The van der Waals surface area contributed by atoms with Crippen LogP contribution in [0.4, 0.5) is 5.13 Å². The highest BCUT2D eigenvalue weighted by Gasteiger charge is 2.32. The molecular formula is C18H20N2O5S. The topological polar surface area (TPSA) is 86.8 Å². The second-order valence-electron chi connectivity index (χ2n) is 6.57. The standard InChI is InChI=1S/C18H20N2O5S/c1-11-10-26-17(19-11)20-14(21)8-24-15(22)9-23-13-6-4-5-12-7-18(2,3)25-16(12)13/h4-6,10H,7-9H2,1-3H3,(H,19,20,21). The number of hydrogen-bond donors (Lipinski definition) is 1. The maximum atomic E-state index is 11.8. The van der Waals surface area contributed by atoms with Gasteiger partial charge in [-0.15, -0.1) is 11.3 Å². The van der Waals surface area contributed by atoms with Crippen molar-refractivity contribution < 1.29 is 23.8 Å². The second-order valence-corrected chi connectivity index (χ2v) is 7.43. The number of thiazole rings is 1. The van der Waals surface area contributed by atoms with Gasteiger partial charge in [-0.1, -0.05) is 12.1 Å². The molecule has 0 fully saturated rings. The number of hydrogen-bond acceptors (Lipinski definition) is 7. The van der Waals surface area contributed by atoms with Gasteiger partial charge in [-0.25, -0.2) is 9.78 Å². The fraction of sp³-hybridized carbons (Fsp3) is 0.389. The quantitative estimate of drug-likeness (QED) is 0.780. The molecule has 1 N–H and O–H groups in total. The van der Waals surface area contributed by atoms with E-state index < -0.39 is 18.5 Å². The average molecular weight is 376 g/mol. The van der Waals surface area contributed by atoms with Gasteiger partial charge in [0.05, 0.1) is 5.69 Å². The molecule has 0 radical (unpaired) electrons. The zero-order valence-electron chi connectivity index (χ0n) is 14.8. The van der Waals surface area contributed by atoms with Gasteiger partial charge in [0.1, 0.15) is 5.60 Å². The molecule has 1 aromatic carbocycles. The highest BCUT2D eigenvalue weighted by Crippen LogP contribution is 2.41. The van der Waals surface area contributed by atoms with Crippen LogP contribution in [0.2, 0.25) is 0 Å². The molecule has 0 bridgehead atoms. The lowest BCUT2D eigenvalue weighted by Crippen LogP contribution is -2.25. The maximum Gasteiger partial charge on any atom is 0.344 e. The lowest BCUT2D eigenvalue weighted by atomic mass is 10.0. The Balaban J connectivity index is 1.47. The third kappa shape index (κ3) is 4.51. The second kappa shape index (κ2) is 7.33. The van der Waals surface area contributed by atoms with Crippen molar-refractivity contribution >= 4 is 28.3 Å². The lowest BCUT2D eigenvalue weighted by molar-refractivity contribution is -0.149. The van der Waals surface area contributed by atoms with Crippen LogP contribution in [-0.4, -0.2) is 35.7 Å². The van der Waals surface area contributed by atoms with Crippen molar-refractivity contribution in [2.75, 3.05) is 18.5 Å². The first-order chi connectivity index (χ1) is 12.3. The number of aromatic nitrogens is 1. The number of rotatable bonds is 6. The van der Waals surface area contributed by atoms with Crippen LogP contribution in [-0.2, 0) is 20.7 Å². The summed E-state index contributed by atoms with van der Waals surface area (Å²) in [6.45, 7) is 5.12. The molecule has 26 heavy (non-hydrogen) atoms. The van der Waals surface area contributed by atoms with Gasteiger partial charge in [0.2, 0.25) is 0 Å². The van der Waals surface area contributed by atoms with Crippen LogP contribution in [0.15, 0.2) is 23.6 Å². The molecule has 0 aliphatic carbocycles. The molecule has 138 valence electrons. The van der Waals surface area contributed by atoms with Crippen LogP contribution in [0.5, 0.6) is 11.5 Å². The summed E-state index contributed by atoms with van der Waals surface area (Å²) < 4.78 is 16.3. The largest absolute Gasteiger partial charge is 0.483 e. The Morgan fingerprint density at radius 1 is 1.35 bits per heavy atom. The Labute approximate surface area is 155 Å². The van der Waals surface area contributed by atoms with Crippen molar-refractivity contribution in [1.29, 1.82) is 0 Å². The molecular weight excluding hydrogens is 356 g/mol. The molecule has 0 spiro atoms. The van der Waals surface area contributed by atoms with Crippen LogP contribution >= 0.6 is 11.3 Å². The number of aryl methyl sites for hydroxylation is 1. The van der Waals surface area contributed by atoms with E-state index in [9.17, 15) is 9.59 Å². The summed E-state index contributed by atoms with van der Waals surface area (Å²) in [7, 11) is 0. The summed E-state index contributed by atoms with van der Waals surface area (Å²) in [6, 6.07) is 5.57. The smallest absolute Gasteiger partial charge is 0.344 e. The molecule has 0 unspecified atom stereocenters. The number of ether oxygens (including phenoxy) is 3. The van der Waals surface area contributed by atoms with Gasteiger partial charge in [-0.3, -0.25) is 10.1 Å². The predicted octanol–water partition coefficient (Wildman–Crippen LogP) is 2.73. The van der Waals surface area contributed by atoms with Crippen molar-refractivity contribution in [3.8, 4) is 11.5 Å². The number of anilines is 1. The van der Waals surface area contributed by atoms with E-state index in [2.05, 4.69) is 10.3 Å². The summed E-state index contributed by atoms with van der Waals surface area (Å²) in [5, 5.41) is 4.85. The summed E-state index contributed by atoms with van der Waals surface area (Å²) in [6.07, 6.45) is 0.778. The number of amides is 1. The first kappa shape index (κ1) is 18.2. The molecule has 2 aromatic rings. The molecule has 2 heterocycles. The van der Waals surface area contributed by atoms with Crippen molar-refractivity contribution in [2.24, 2.45) is 0 Å². The van der Waals surface area contributed by atoms with Crippen LogP contribution in [0.25, 0.3) is 0 Å². The number of para-hydroxylation sites is 1. The SMILES string of the molecule is Cc1csc(NC(=O)COC(=O)COc2cccc3c2OC(C)(C)C3)n1. The van der Waals surface area contributed by atoms with E-state index in [-0.39, 0.29) is 12.2 Å². The summed E-state index contributed by atoms with van der Waals surface area (Å²) in [5.74, 6) is 0.0682. The molecule has 0 saturated carbocycles. The van der Waals surface area contributed by atoms with E-state index in [4.69, 9.17) is 14.2 Å². The van der Waals surface area contributed by atoms with E-state index in [1.54, 1.807) is 6.07 Å². The fourth-order valence-corrected chi connectivity index (χ4v) is 3.30. The first-order valence-electron chi connectivity index (χ1n) is 8.14. The van der Waals surface area contributed by atoms with E-state index >= 15 is 0 Å². The molecule has 3 rings (SSSR count). The molecule has 1 amide bonds. The monoisotopic (exact) mass is 376 g/mol. The van der Waals surface area contributed by atoms with Gasteiger partial charge in [0.25, 0.3) is 5.91 Å². The third-order valence-electron chi connectivity index (χ3n) is 3.63. The number of fused-ring (bicyclic) bond motifs is 1. The fourth-order valence-electron chi connectivity index (χ4n) is 2.59. The Morgan fingerprint density at radius 2 is 2.15 bits per heavy atom. The van der Waals surface area contributed by atoms with Crippen LogP contribution < -0.4 is 14.8 Å². The van der Waals surface area contributed by atoms with Crippen molar-refractivity contribution in [3.05, 3.63) is 34.8 Å². The summed E-state index contributed by atoms with van der Waals surface area (Å²) in [5.41, 5.74) is 1.56. The minimum absolute atomic E-state index is 0.297. The number of benzene rings is 1. The Bertz CT molecular complexity index is 831.